The van der Waals surface area contributed by atoms with Gasteiger partial charge in [0.05, 0.1) is 5.69 Å². The number of hydrogen-bond acceptors (Lipinski definition) is 3. The van der Waals surface area contributed by atoms with Crippen LogP contribution in [0, 0.1) is 13.8 Å². The van der Waals surface area contributed by atoms with Gasteiger partial charge in [-0.3, -0.25) is 4.99 Å². The van der Waals surface area contributed by atoms with Crippen molar-refractivity contribution in [1.82, 2.24) is 5.16 Å². The lowest BCUT2D eigenvalue weighted by Gasteiger charge is -2.00. The Labute approximate surface area is 77.3 Å². The Morgan fingerprint density at radius 1 is 1.62 bits per heavy atom. The number of nitrogens with one attached hydrogen (secondary N) is 1. The number of anilines is 1. The Morgan fingerprint density at radius 2 is 2.31 bits per heavy atom. The monoisotopic (exact) mass is 179 g/mol. The molecule has 13 heavy (non-hydrogen) atoms. The van der Waals surface area contributed by atoms with E-state index in [1.807, 2.05) is 13.8 Å². The zero-order chi connectivity index (χ0) is 9.84. The fourth-order valence-electron chi connectivity index (χ4n) is 0.846. The maximum Gasteiger partial charge on any atom is 0.233 e. The minimum absolute atomic E-state index is 0.623. The molecule has 1 aromatic heterocycles. The second-order valence-electron chi connectivity index (χ2n) is 2.66. The average Bonchev–Trinajstić information content (AvgIpc) is 2.45. The van der Waals surface area contributed by atoms with Crippen molar-refractivity contribution < 1.29 is 4.52 Å². The van der Waals surface area contributed by atoms with E-state index in [0.717, 1.165) is 11.3 Å². The molecule has 4 nitrogen and oxygen atoms in total. The lowest BCUT2D eigenvalue weighted by molar-refractivity contribution is 0.430. The van der Waals surface area contributed by atoms with Crippen molar-refractivity contribution >= 4 is 11.7 Å². The van der Waals surface area contributed by atoms with E-state index in [-0.39, 0.29) is 0 Å². The van der Waals surface area contributed by atoms with Crippen LogP contribution in [0.15, 0.2) is 22.2 Å². The molecule has 0 amide bonds. The summed E-state index contributed by atoms with van der Waals surface area (Å²) in [6.07, 6.45) is 1.62. The lowest BCUT2D eigenvalue weighted by Crippen LogP contribution is -2.08. The highest BCUT2D eigenvalue weighted by atomic mass is 16.5. The zero-order valence-electron chi connectivity index (χ0n) is 8.09. The summed E-state index contributed by atoms with van der Waals surface area (Å²) in [6.45, 7) is 7.43. The third kappa shape index (κ3) is 1.96. The van der Waals surface area contributed by atoms with Gasteiger partial charge in [0.25, 0.3) is 0 Å². The molecule has 0 atom stereocenters. The Balaban J connectivity index is 2.85. The summed E-state index contributed by atoms with van der Waals surface area (Å²) in [5.41, 5.74) is 1.87. The van der Waals surface area contributed by atoms with Crippen LogP contribution in [0.3, 0.4) is 0 Å². The fourth-order valence-corrected chi connectivity index (χ4v) is 0.846. The molecule has 1 N–H and O–H groups in total. The van der Waals surface area contributed by atoms with Crippen LogP contribution < -0.4 is 5.32 Å². The minimum atomic E-state index is 0.623. The summed E-state index contributed by atoms with van der Waals surface area (Å²) in [7, 11) is 1.68. The number of amidine groups is 1. The van der Waals surface area contributed by atoms with E-state index in [4.69, 9.17) is 4.52 Å². The van der Waals surface area contributed by atoms with Crippen LogP contribution in [0.25, 0.3) is 0 Å². The summed E-state index contributed by atoms with van der Waals surface area (Å²) in [5.74, 6) is 1.29. The van der Waals surface area contributed by atoms with Gasteiger partial charge in [-0.15, -0.1) is 0 Å². The molecule has 0 saturated carbocycles. The first kappa shape index (κ1) is 9.51. The number of aliphatic imine (C=N–C) groups is 1. The van der Waals surface area contributed by atoms with Crippen molar-refractivity contribution in [1.29, 1.82) is 0 Å². The molecule has 0 unspecified atom stereocenters. The summed E-state index contributed by atoms with van der Waals surface area (Å²) in [5, 5.41) is 6.78. The van der Waals surface area contributed by atoms with E-state index in [2.05, 4.69) is 22.0 Å². The number of nitrogens with zero attached hydrogens (tertiary/aromatic N) is 2. The molecule has 0 spiro atoms. The van der Waals surface area contributed by atoms with Crippen LogP contribution in [-0.2, 0) is 0 Å². The van der Waals surface area contributed by atoms with Gasteiger partial charge in [0.15, 0.2) is 0 Å². The first-order valence-corrected chi connectivity index (χ1v) is 3.98. The van der Waals surface area contributed by atoms with Crippen LogP contribution in [0.1, 0.15) is 11.3 Å². The average molecular weight is 179 g/mol. The maximum absolute atomic E-state index is 5.04. The maximum atomic E-state index is 5.04. The normalized spacial score (nSPS) is 11.5. The highest BCUT2D eigenvalue weighted by molar-refractivity contribution is 6.02. The molecule has 1 rings (SSSR count). The van der Waals surface area contributed by atoms with Gasteiger partial charge in [-0.25, -0.2) is 0 Å². The molecule has 0 aliphatic carbocycles. The zero-order valence-corrected chi connectivity index (χ0v) is 8.09. The highest BCUT2D eigenvalue weighted by Crippen LogP contribution is 2.17. The highest BCUT2D eigenvalue weighted by Gasteiger charge is 2.07. The Bertz CT molecular complexity index is 339. The van der Waals surface area contributed by atoms with Crippen LogP contribution >= 0.6 is 0 Å². The Hall–Kier alpha value is -1.58. The number of aryl methyl sites for hydroxylation is 1. The standard InChI is InChI=1S/C9H13N3O/c1-5-8(10-4)11-9-6(2)7(3)12-13-9/h5H,1H2,2-4H3,(H,10,11). The van der Waals surface area contributed by atoms with Crippen molar-refractivity contribution in [3.05, 3.63) is 23.9 Å². The van der Waals surface area contributed by atoms with Crippen LogP contribution in [-0.4, -0.2) is 18.0 Å². The lowest BCUT2D eigenvalue weighted by atomic mass is 10.3. The van der Waals surface area contributed by atoms with Crippen LogP contribution in [0.4, 0.5) is 5.88 Å². The molecule has 0 bridgehead atoms. The van der Waals surface area contributed by atoms with E-state index in [1.54, 1.807) is 13.1 Å². The molecule has 1 aromatic rings. The van der Waals surface area contributed by atoms with E-state index in [1.165, 1.54) is 0 Å². The number of hydrogen-bond donors (Lipinski definition) is 1. The van der Waals surface area contributed by atoms with Gasteiger partial charge in [-0.2, -0.15) is 0 Å². The van der Waals surface area contributed by atoms with Gasteiger partial charge in [0.2, 0.25) is 5.88 Å². The molecule has 1 heterocycles. The molecule has 0 fully saturated rings. The van der Waals surface area contributed by atoms with Gasteiger partial charge in [0, 0.05) is 12.6 Å². The molecule has 0 radical (unpaired) electrons. The largest absolute Gasteiger partial charge is 0.338 e. The molecule has 0 saturated heterocycles. The number of aromatic nitrogens is 1. The molecule has 0 aliphatic heterocycles. The van der Waals surface area contributed by atoms with Gasteiger partial charge in [-0.05, 0) is 19.9 Å². The van der Waals surface area contributed by atoms with Gasteiger partial charge >= 0.3 is 0 Å². The second kappa shape index (κ2) is 3.89. The predicted molar refractivity (Wildman–Crippen MR) is 53.2 cm³/mol. The predicted octanol–water partition coefficient (Wildman–Crippen LogP) is 1.92. The molecule has 0 aliphatic rings. The van der Waals surface area contributed by atoms with Gasteiger partial charge in [0.1, 0.15) is 5.84 Å². The van der Waals surface area contributed by atoms with E-state index in [9.17, 15) is 0 Å². The minimum Gasteiger partial charge on any atom is -0.338 e. The molecular formula is C9H13N3O. The van der Waals surface area contributed by atoms with Crippen molar-refractivity contribution in [2.24, 2.45) is 4.99 Å². The van der Waals surface area contributed by atoms with E-state index < -0.39 is 0 Å². The van der Waals surface area contributed by atoms with E-state index >= 15 is 0 Å². The second-order valence-corrected chi connectivity index (χ2v) is 2.66. The first-order chi connectivity index (χ1) is 6.19. The summed E-state index contributed by atoms with van der Waals surface area (Å²) in [4.78, 5) is 3.95. The van der Waals surface area contributed by atoms with Crippen molar-refractivity contribution in [2.45, 2.75) is 13.8 Å². The van der Waals surface area contributed by atoms with Crippen LogP contribution in [0.5, 0.6) is 0 Å². The molecular weight excluding hydrogens is 166 g/mol. The smallest absolute Gasteiger partial charge is 0.233 e. The number of rotatable bonds is 2. The van der Waals surface area contributed by atoms with Crippen molar-refractivity contribution in [3.8, 4) is 0 Å². The van der Waals surface area contributed by atoms with Crippen LogP contribution in [0.2, 0.25) is 0 Å². The van der Waals surface area contributed by atoms with E-state index in [0.29, 0.717) is 11.7 Å². The fraction of sp³-hybridized carbons (Fsp3) is 0.333. The Morgan fingerprint density at radius 3 is 2.69 bits per heavy atom. The Kier molecular flexibility index (Phi) is 2.84. The van der Waals surface area contributed by atoms with Gasteiger partial charge in [-0.1, -0.05) is 11.7 Å². The topological polar surface area (TPSA) is 50.4 Å². The SMILES string of the molecule is C=CC(=NC)Nc1onc(C)c1C. The summed E-state index contributed by atoms with van der Waals surface area (Å²) >= 11 is 0. The quantitative estimate of drug-likeness (QED) is 0.557. The third-order valence-electron chi connectivity index (χ3n) is 1.83. The molecule has 70 valence electrons. The first-order valence-electron chi connectivity index (χ1n) is 3.98. The summed E-state index contributed by atoms with van der Waals surface area (Å²) in [6, 6.07) is 0. The third-order valence-corrected chi connectivity index (χ3v) is 1.83. The van der Waals surface area contributed by atoms with Gasteiger partial charge < -0.3 is 9.84 Å². The molecule has 0 aromatic carbocycles. The van der Waals surface area contributed by atoms with Crippen molar-refractivity contribution in [3.63, 3.8) is 0 Å². The van der Waals surface area contributed by atoms with Crippen molar-refractivity contribution in [2.75, 3.05) is 12.4 Å². The molecule has 4 heteroatoms. The summed E-state index contributed by atoms with van der Waals surface area (Å²) < 4.78 is 5.04.